The van der Waals surface area contributed by atoms with Crippen LogP contribution in [0.4, 0.5) is 0 Å². The first kappa shape index (κ1) is 30.3. The van der Waals surface area contributed by atoms with Gasteiger partial charge in [0.1, 0.15) is 44.9 Å². The molecule has 46 heavy (non-hydrogen) atoms. The van der Waals surface area contributed by atoms with E-state index in [1.165, 1.54) is 9.59 Å². The van der Waals surface area contributed by atoms with Gasteiger partial charge in [-0.2, -0.15) is 0 Å². The van der Waals surface area contributed by atoms with Crippen molar-refractivity contribution in [1.82, 2.24) is 40.6 Å². The van der Waals surface area contributed by atoms with E-state index in [9.17, 15) is 19.8 Å². The van der Waals surface area contributed by atoms with Gasteiger partial charge in [0.15, 0.2) is 0 Å². The number of rotatable bonds is 8. The van der Waals surface area contributed by atoms with E-state index in [2.05, 4.69) is 31.0 Å². The molecule has 0 aliphatic heterocycles. The zero-order valence-electron chi connectivity index (χ0n) is 25.9. The Morgan fingerprint density at radius 3 is 1.24 bits per heavy atom. The lowest BCUT2D eigenvalue weighted by molar-refractivity contribution is -0.139. The van der Waals surface area contributed by atoms with Gasteiger partial charge < -0.3 is 20.8 Å². The maximum absolute atomic E-state index is 12.9. The smallest absolute Gasteiger partial charge is 0.309 e. The molecule has 0 unspecified atom stereocenters. The molecule has 0 atom stereocenters. The van der Waals surface area contributed by atoms with Gasteiger partial charge in [-0.15, -0.1) is 30.0 Å². The first-order valence-corrected chi connectivity index (χ1v) is 15.0. The number of aromatic nitrogens is 6. The van der Waals surface area contributed by atoms with Gasteiger partial charge in [0.25, 0.3) is 0 Å². The first-order chi connectivity index (χ1) is 22.1. The number of fused-ring (bicyclic) bond motifs is 2. The molecule has 234 valence electrons. The number of nitrogens with one attached hydrogen (secondary N) is 2. The highest BCUT2D eigenvalue weighted by Gasteiger charge is 2.21. The molecule has 6 aromatic rings. The van der Waals surface area contributed by atoms with Gasteiger partial charge in [0.05, 0.1) is 0 Å². The fourth-order valence-corrected chi connectivity index (χ4v) is 5.09. The minimum absolute atomic E-state index is 0.103. The van der Waals surface area contributed by atoms with Gasteiger partial charge in [-0.05, 0) is 71.5 Å². The molecule has 0 bridgehead atoms. The summed E-state index contributed by atoms with van der Waals surface area (Å²) in [5, 5.41) is 45.4. The number of aromatic hydroxyl groups is 2. The Morgan fingerprint density at radius 2 is 0.935 bits per heavy atom. The van der Waals surface area contributed by atoms with Crippen molar-refractivity contribution in [2.24, 2.45) is 0 Å². The van der Waals surface area contributed by atoms with Crippen LogP contribution in [0.15, 0.2) is 72.8 Å². The van der Waals surface area contributed by atoms with Crippen LogP contribution in [0.3, 0.4) is 0 Å². The molecule has 0 radical (unpaired) electrons. The van der Waals surface area contributed by atoms with Crippen molar-refractivity contribution in [3.8, 4) is 22.9 Å². The minimum atomic E-state index is -0.890. The molecular formula is C34H34N8O4. The summed E-state index contributed by atoms with van der Waals surface area (Å²) in [4.78, 5) is 28.5. The van der Waals surface area contributed by atoms with Gasteiger partial charge in [0.2, 0.25) is 0 Å². The molecular weight excluding hydrogens is 584 g/mol. The Labute approximate surface area is 264 Å². The van der Waals surface area contributed by atoms with Crippen molar-refractivity contribution >= 4 is 33.9 Å². The molecule has 0 aliphatic carbocycles. The van der Waals surface area contributed by atoms with Crippen molar-refractivity contribution in [1.29, 1.82) is 0 Å². The second-order valence-electron chi connectivity index (χ2n) is 11.7. The number of nitrogens with zero attached hydrogens (tertiary/aromatic N) is 6. The molecule has 0 saturated carbocycles. The quantitative estimate of drug-likeness (QED) is 0.178. The maximum atomic E-state index is 12.9. The summed E-state index contributed by atoms with van der Waals surface area (Å²) in [6.45, 7) is 7.84. The van der Waals surface area contributed by atoms with E-state index in [1.807, 2.05) is 88.4 Å². The van der Waals surface area contributed by atoms with Crippen LogP contribution in [0.25, 0.3) is 33.4 Å². The largest absolute Gasteiger partial charge is 0.505 e. The predicted molar refractivity (Wildman–Crippen MR) is 173 cm³/mol. The molecule has 0 spiro atoms. The number of phenolic OH excluding ortho intramolecular Hbond substituents is 2. The molecule has 0 fully saturated rings. The van der Waals surface area contributed by atoms with Crippen LogP contribution in [0.1, 0.15) is 61.8 Å². The highest BCUT2D eigenvalue weighted by molar-refractivity contribution is 6.35. The van der Waals surface area contributed by atoms with Crippen LogP contribution < -0.4 is 10.6 Å². The number of carbonyl (C=O) groups excluding carboxylic acids is 2. The van der Waals surface area contributed by atoms with Gasteiger partial charge in [-0.3, -0.25) is 9.59 Å². The third-order valence-corrected chi connectivity index (χ3v) is 7.80. The standard InChI is InChI=1S/C34H34N8O4/c1-19(2)21-13-23(31(43)29(15-21)41-37-25-9-5-6-10-26(25)38-41)17-35-33(45)34(46)36-18-24-14-22(20(3)4)16-30(32(24)44)42-39-27-11-7-8-12-28(27)40-42/h5-16,19-20,43-44H,17-18H2,1-4H3,(H,35,45)(H,36,46). The second kappa shape index (κ2) is 12.3. The van der Waals surface area contributed by atoms with Crippen LogP contribution in [-0.4, -0.2) is 52.0 Å². The van der Waals surface area contributed by atoms with Gasteiger partial charge in [-0.25, -0.2) is 0 Å². The summed E-state index contributed by atoms with van der Waals surface area (Å²) in [6, 6.07) is 22.0. The topological polar surface area (TPSA) is 160 Å². The van der Waals surface area contributed by atoms with E-state index >= 15 is 0 Å². The summed E-state index contributed by atoms with van der Waals surface area (Å²) in [5.41, 5.74) is 6.06. The number of phenols is 2. The van der Waals surface area contributed by atoms with Crippen molar-refractivity contribution in [3.05, 3.63) is 95.1 Å². The number of carbonyl (C=O) groups is 2. The summed E-state index contributed by atoms with van der Waals surface area (Å²) < 4.78 is 0. The van der Waals surface area contributed by atoms with Gasteiger partial charge in [0, 0.05) is 24.2 Å². The third kappa shape index (κ3) is 5.96. The minimum Gasteiger partial charge on any atom is -0.505 e. The SMILES string of the molecule is CC(C)c1cc(CNC(=O)C(=O)NCc2cc(C(C)C)cc(-n3nc4ccccc4n3)c2O)c(O)c(-n2nc3ccccc3n2)c1. The van der Waals surface area contributed by atoms with E-state index in [0.29, 0.717) is 44.6 Å². The van der Waals surface area contributed by atoms with Crippen molar-refractivity contribution in [2.45, 2.75) is 52.6 Å². The second-order valence-corrected chi connectivity index (χ2v) is 11.7. The lowest BCUT2D eigenvalue weighted by Crippen LogP contribution is -2.39. The Morgan fingerprint density at radius 1 is 0.609 bits per heavy atom. The molecule has 12 nitrogen and oxygen atoms in total. The van der Waals surface area contributed by atoms with Crippen molar-refractivity contribution < 1.29 is 19.8 Å². The molecule has 6 rings (SSSR count). The summed E-state index contributed by atoms with van der Waals surface area (Å²) in [6.07, 6.45) is 0. The Bertz CT molecular complexity index is 1880. The molecule has 2 heterocycles. The van der Waals surface area contributed by atoms with E-state index in [0.717, 1.165) is 11.1 Å². The van der Waals surface area contributed by atoms with E-state index in [-0.39, 0.29) is 36.4 Å². The number of amides is 2. The Hall–Kier alpha value is -5.78. The number of hydrogen-bond donors (Lipinski definition) is 4. The molecule has 2 amide bonds. The average Bonchev–Trinajstić information content (AvgIpc) is 3.67. The monoisotopic (exact) mass is 618 g/mol. The predicted octanol–water partition coefficient (Wildman–Crippen LogP) is 4.75. The summed E-state index contributed by atoms with van der Waals surface area (Å²) >= 11 is 0. The average molecular weight is 619 g/mol. The fraction of sp³-hybridized carbons (Fsp3) is 0.235. The van der Waals surface area contributed by atoms with Gasteiger partial charge >= 0.3 is 11.8 Å². The molecule has 0 aliphatic rings. The highest BCUT2D eigenvalue weighted by Crippen LogP contribution is 2.32. The molecule has 12 heteroatoms. The molecule has 0 saturated heterocycles. The first-order valence-electron chi connectivity index (χ1n) is 15.0. The number of hydrogen-bond acceptors (Lipinski definition) is 8. The van der Waals surface area contributed by atoms with E-state index in [4.69, 9.17) is 0 Å². The zero-order chi connectivity index (χ0) is 32.5. The van der Waals surface area contributed by atoms with Crippen LogP contribution in [0, 0.1) is 0 Å². The van der Waals surface area contributed by atoms with Crippen molar-refractivity contribution in [2.75, 3.05) is 0 Å². The zero-order valence-corrected chi connectivity index (χ0v) is 25.9. The fourth-order valence-electron chi connectivity index (χ4n) is 5.09. The van der Waals surface area contributed by atoms with Crippen LogP contribution in [0.2, 0.25) is 0 Å². The maximum Gasteiger partial charge on any atom is 0.309 e. The van der Waals surface area contributed by atoms with E-state index < -0.39 is 11.8 Å². The third-order valence-electron chi connectivity index (χ3n) is 7.80. The molecule has 2 aromatic heterocycles. The lowest BCUT2D eigenvalue weighted by atomic mass is 9.99. The van der Waals surface area contributed by atoms with Gasteiger partial charge in [-0.1, -0.05) is 52.0 Å². The Kier molecular flexibility index (Phi) is 8.10. The molecule has 4 aromatic carbocycles. The Balaban J connectivity index is 1.19. The summed E-state index contributed by atoms with van der Waals surface area (Å²) in [5.74, 6) is -1.77. The summed E-state index contributed by atoms with van der Waals surface area (Å²) in [7, 11) is 0. The normalized spacial score (nSPS) is 11.5. The van der Waals surface area contributed by atoms with Crippen molar-refractivity contribution in [3.63, 3.8) is 0 Å². The van der Waals surface area contributed by atoms with Crippen LogP contribution in [0.5, 0.6) is 11.5 Å². The highest BCUT2D eigenvalue weighted by atomic mass is 16.3. The van der Waals surface area contributed by atoms with Crippen LogP contribution >= 0.6 is 0 Å². The molecule has 4 N–H and O–H groups in total. The number of benzene rings is 4. The van der Waals surface area contributed by atoms with E-state index in [1.54, 1.807) is 12.1 Å². The van der Waals surface area contributed by atoms with Crippen LogP contribution in [-0.2, 0) is 22.7 Å². The lowest BCUT2D eigenvalue weighted by Gasteiger charge is -2.16.